The third-order valence-corrected chi connectivity index (χ3v) is 7.65. The first-order chi connectivity index (χ1) is 10.5. The molecule has 0 amide bonds. The highest BCUT2D eigenvalue weighted by atomic mass is 16.5. The second-order valence-corrected chi connectivity index (χ2v) is 8.41. The van der Waals surface area contributed by atoms with Crippen LogP contribution in [0.5, 0.6) is 0 Å². The molecule has 1 unspecified atom stereocenters. The van der Waals surface area contributed by atoms with Gasteiger partial charge in [0.05, 0.1) is 12.9 Å². The fourth-order valence-corrected chi connectivity index (χ4v) is 6.36. The summed E-state index contributed by atoms with van der Waals surface area (Å²) in [5, 5.41) is 0. The molecule has 0 aliphatic heterocycles. The molecule has 2 saturated carbocycles. The molecule has 0 heterocycles. The third kappa shape index (κ3) is 1.76. The van der Waals surface area contributed by atoms with Gasteiger partial charge >= 0.3 is 0 Å². The predicted molar refractivity (Wildman–Crippen MR) is 87.3 cm³/mol. The zero-order valence-electron chi connectivity index (χ0n) is 14.2. The molecule has 2 nitrogen and oxygen atoms in total. The zero-order valence-corrected chi connectivity index (χ0v) is 14.2. The SMILES string of the molecule is COC1=CCC2=C(CC[C@]3(C)C2CC[C@]2(C)C(=O)CC[C@H]23)C1. The molecule has 0 N–H and O–H groups in total. The van der Waals surface area contributed by atoms with E-state index in [-0.39, 0.29) is 5.41 Å². The van der Waals surface area contributed by atoms with Gasteiger partial charge in [0.2, 0.25) is 0 Å². The van der Waals surface area contributed by atoms with E-state index in [0.717, 1.165) is 37.9 Å². The van der Waals surface area contributed by atoms with Crippen molar-refractivity contribution >= 4 is 5.78 Å². The minimum absolute atomic E-state index is 0.0223. The van der Waals surface area contributed by atoms with Gasteiger partial charge in [0, 0.05) is 18.3 Å². The monoisotopic (exact) mass is 300 g/mol. The molecule has 4 aliphatic carbocycles. The zero-order chi connectivity index (χ0) is 15.5. The van der Waals surface area contributed by atoms with Gasteiger partial charge in [-0.3, -0.25) is 4.79 Å². The Hall–Kier alpha value is -1.05. The Balaban J connectivity index is 1.69. The Morgan fingerprint density at radius 3 is 2.77 bits per heavy atom. The van der Waals surface area contributed by atoms with E-state index in [1.54, 1.807) is 18.3 Å². The number of hydrogen-bond donors (Lipinski definition) is 0. The number of ether oxygens (including phenoxy) is 1. The molecule has 4 rings (SSSR count). The molecule has 0 saturated heterocycles. The number of fused-ring (bicyclic) bond motifs is 4. The lowest BCUT2D eigenvalue weighted by molar-refractivity contribution is -0.133. The van der Waals surface area contributed by atoms with Crippen molar-refractivity contribution in [2.24, 2.45) is 22.7 Å². The van der Waals surface area contributed by atoms with Crippen LogP contribution in [0.2, 0.25) is 0 Å². The lowest BCUT2D eigenvalue weighted by Crippen LogP contribution is -2.50. The average molecular weight is 300 g/mol. The van der Waals surface area contributed by atoms with Crippen molar-refractivity contribution < 1.29 is 9.53 Å². The van der Waals surface area contributed by atoms with Gasteiger partial charge in [-0.2, -0.15) is 0 Å². The molecule has 4 aliphatic rings. The summed E-state index contributed by atoms with van der Waals surface area (Å²) in [6.07, 6.45) is 11.1. The largest absolute Gasteiger partial charge is 0.501 e. The minimum Gasteiger partial charge on any atom is -0.501 e. The van der Waals surface area contributed by atoms with Crippen LogP contribution in [-0.2, 0) is 9.53 Å². The molecular weight excluding hydrogens is 272 g/mol. The summed E-state index contributed by atoms with van der Waals surface area (Å²) in [5.74, 6) is 3.00. The lowest BCUT2D eigenvalue weighted by atomic mass is 9.47. The number of ketones is 1. The summed E-state index contributed by atoms with van der Waals surface area (Å²) >= 11 is 0. The Labute approximate surface area is 134 Å². The van der Waals surface area contributed by atoms with Crippen molar-refractivity contribution in [2.75, 3.05) is 7.11 Å². The molecule has 0 spiro atoms. The van der Waals surface area contributed by atoms with Gasteiger partial charge in [0.1, 0.15) is 5.78 Å². The smallest absolute Gasteiger partial charge is 0.139 e. The summed E-state index contributed by atoms with van der Waals surface area (Å²) in [4.78, 5) is 12.5. The molecule has 0 bridgehead atoms. The highest BCUT2D eigenvalue weighted by Crippen LogP contribution is 2.65. The van der Waals surface area contributed by atoms with Crippen LogP contribution in [0.4, 0.5) is 0 Å². The summed E-state index contributed by atoms with van der Waals surface area (Å²) in [6.45, 7) is 4.76. The van der Waals surface area contributed by atoms with Crippen molar-refractivity contribution in [1.82, 2.24) is 0 Å². The van der Waals surface area contributed by atoms with Crippen LogP contribution < -0.4 is 0 Å². The van der Waals surface area contributed by atoms with Crippen molar-refractivity contribution in [3.8, 4) is 0 Å². The van der Waals surface area contributed by atoms with Crippen molar-refractivity contribution in [2.45, 2.75) is 65.2 Å². The molecule has 2 fully saturated rings. The second kappa shape index (κ2) is 4.72. The second-order valence-electron chi connectivity index (χ2n) is 8.41. The van der Waals surface area contributed by atoms with Crippen LogP contribution in [0.15, 0.2) is 23.0 Å². The van der Waals surface area contributed by atoms with Gasteiger partial charge < -0.3 is 4.74 Å². The fourth-order valence-electron chi connectivity index (χ4n) is 6.36. The Bertz CT molecular complexity index is 585. The lowest BCUT2D eigenvalue weighted by Gasteiger charge is -2.56. The van der Waals surface area contributed by atoms with E-state index in [0.29, 0.717) is 23.0 Å². The maximum Gasteiger partial charge on any atom is 0.139 e. The van der Waals surface area contributed by atoms with Crippen molar-refractivity contribution in [1.29, 1.82) is 0 Å². The predicted octanol–water partition coefficient (Wildman–Crippen LogP) is 4.80. The third-order valence-electron chi connectivity index (χ3n) is 7.65. The van der Waals surface area contributed by atoms with Gasteiger partial charge in [-0.25, -0.2) is 0 Å². The maximum atomic E-state index is 12.5. The molecule has 0 aromatic carbocycles. The minimum atomic E-state index is -0.0223. The van der Waals surface area contributed by atoms with Gasteiger partial charge in [0.15, 0.2) is 0 Å². The first-order valence-corrected chi connectivity index (χ1v) is 8.96. The highest BCUT2D eigenvalue weighted by Gasteiger charge is 2.60. The quantitative estimate of drug-likeness (QED) is 0.650. The highest BCUT2D eigenvalue weighted by molar-refractivity contribution is 5.87. The number of Topliss-reactive ketones (excluding diaryl/α,β-unsaturated/α-hetero) is 1. The van der Waals surface area contributed by atoms with E-state index in [2.05, 4.69) is 19.9 Å². The number of allylic oxidation sites excluding steroid dienone is 3. The molecule has 0 radical (unpaired) electrons. The first kappa shape index (κ1) is 14.5. The van der Waals surface area contributed by atoms with Crippen LogP contribution >= 0.6 is 0 Å². The molecule has 0 aromatic rings. The summed E-state index contributed by atoms with van der Waals surface area (Å²) in [7, 11) is 1.79. The van der Waals surface area contributed by atoms with E-state index in [1.165, 1.54) is 19.3 Å². The van der Waals surface area contributed by atoms with Crippen LogP contribution in [0, 0.1) is 22.7 Å². The van der Waals surface area contributed by atoms with Crippen LogP contribution in [0.1, 0.15) is 65.2 Å². The summed E-state index contributed by atoms with van der Waals surface area (Å²) in [5.41, 5.74) is 3.67. The van der Waals surface area contributed by atoms with Crippen LogP contribution in [0.25, 0.3) is 0 Å². The number of methoxy groups -OCH3 is 1. The van der Waals surface area contributed by atoms with E-state index in [9.17, 15) is 4.79 Å². The molecule has 0 aromatic heterocycles. The van der Waals surface area contributed by atoms with Crippen molar-refractivity contribution in [3.05, 3.63) is 23.0 Å². The number of rotatable bonds is 1. The molecule has 22 heavy (non-hydrogen) atoms. The maximum absolute atomic E-state index is 12.5. The van der Waals surface area contributed by atoms with Gasteiger partial charge in [-0.15, -0.1) is 0 Å². The van der Waals surface area contributed by atoms with Crippen LogP contribution in [-0.4, -0.2) is 12.9 Å². The van der Waals surface area contributed by atoms with E-state index >= 15 is 0 Å². The number of carbonyl (C=O) groups excluding carboxylic acids is 1. The number of hydrogen-bond acceptors (Lipinski definition) is 2. The average Bonchev–Trinajstić information content (AvgIpc) is 2.83. The van der Waals surface area contributed by atoms with Gasteiger partial charge in [-0.05, 0) is 61.9 Å². The summed E-state index contributed by atoms with van der Waals surface area (Å²) in [6, 6.07) is 0. The Morgan fingerprint density at radius 2 is 2.00 bits per heavy atom. The molecule has 120 valence electrons. The Kier molecular flexibility index (Phi) is 3.12. The topological polar surface area (TPSA) is 26.3 Å². The van der Waals surface area contributed by atoms with Crippen LogP contribution in [0.3, 0.4) is 0 Å². The normalized spacial score (nSPS) is 44.1. The fraction of sp³-hybridized carbons (Fsp3) is 0.750. The van der Waals surface area contributed by atoms with E-state index in [4.69, 9.17) is 4.74 Å². The van der Waals surface area contributed by atoms with Gasteiger partial charge in [-0.1, -0.05) is 25.0 Å². The molecular formula is C20H28O2. The first-order valence-electron chi connectivity index (χ1n) is 8.96. The van der Waals surface area contributed by atoms with E-state index < -0.39 is 0 Å². The standard InChI is InChI=1S/C20H28O2/c1-19-10-8-13-12-14(22-3)4-5-15(13)16(19)9-11-20(2)17(19)6-7-18(20)21/h4,16-17H,5-12H2,1-3H3/t16?,17-,19+,20-/m0/s1. The molecule has 2 heteroatoms. The molecule has 4 atom stereocenters. The number of carbonyl (C=O) groups is 1. The van der Waals surface area contributed by atoms with Gasteiger partial charge in [0.25, 0.3) is 0 Å². The van der Waals surface area contributed by atoms with E-state index in [1.807, 2.05) is 0 Å². The summed E-state index contributed by atoms with van der Waals surface area (Å²) < 4.78 is 5.48. The van der Waals surface area contributed by atoms with Crippen molar-refractivity contribution in [3.63, 3.8) is 0 Å². The Morgan fingerprint density at radius 1 is 1.18 bits per heavy atom.